The van der Waals surface area contributed by atoms with Crippen molar-refractivity contribution in [3.63, 3.8) is 0 Å². The van der Waals surface area contributed by atoms with Gasteiger partial charge in [-0.1, -0.05) is 0 Å². The summed E-state index contributed by atoms with van der Waals surface area (Å²) < 4.78 is 32.9. The predicted octanol–water partition coefficient (Wildman–Crippen LogP) is 0.665. The Labute approximate surface area is 177 Å². The highest BCUT2D eigenvalue weighted by atomic mass is 19.1. The molecule has 1 N–H and O–H groups in total. The molecule has 0 radical (unpaired) electrons. The summed E-state index contributed by atoms with van der Waals surface area (Å²) in [5, 5.41) is 2.44. The quantitative estimate of drug-likeness (QED) is 0.426. The number of nitrogens with zero attached hydrogens (tertiary/aromatic N) is 3. The van der Waals surface area contributed by atoms with E-state index in [0.29, 0.717) is 13.2 Å². The van der Waals surface area contributed by atoms with Crippen molar-refractivity contribution in [3.05, 3.63) is 41.4 Å². The molecule has 31 heavy (non-hydrogen) atoms. The van der Waals surface area contributed by atoms with Gasteiger partial charge in [0, 0.05) is 30.9 Å². The van der Waals surface area contributed by atoms with Crippen molar-refractivity contribution in [1.82, 2.24) is 20.1 Å². The summed E-state index contributed by atoms with van der Waals surface area (Å²) in [5.41, 5.74) is -0.810. The van der Waals surface area contributed by atoms with Crippen LogP contribution in [0.15, 0.2) is 23.9 Å². The molecule has 0 bridgehead atoms. The minimum absolute atomic E-state index is 0.0282. The molecule has 164 valence electrons. The number of hydrogen-bond donors (Lipinski definition) is 1. The molecule has 1 aromatic rings. The molecule has 4 atom stereocenters. The molecule has 8 nitrogen and oxygen atoms in total. The van der Waals surface area contributed by atoms with Crippen LogP contribution < -0.4 is 5.32 Å². The molecule has 1 aromatic heterocycles. The number of pyridine rings is 1. The number of carbonyl (C=O) groups is 3. The molecule has 1 unspecified atom stereocenters. The Morgan fingerprint density at radius 2 is 2.16 bits per heavy atom. The molecule has 4 heterocycles. The van der Waals surface area contributed by atoms with Crippen LogP contribution in [-0.2, 0) is 25.7 Å². The van der Waals surface area contributed by atoms with Gasteiger partial charge in [-0.3, -0.25) is 19.3 Å². The lowest BCUT2D eigenvalue weighted by Crippen LogP contribution is -2.70. The molecule has 1 saturated carbocycles. The number of piperazine rings is 1. The highest BCUT2D eigenvalue weighted by molar-refractivity contribution is 6.51. The van der Waals surface area contributed by atoms with Gasteiger partial charge in [-0.2, -0.15) is 13.8 Å². The molecule has 3 fully saturated rings. The number of carbonyl (C=O) groups excluding carboxylic acids is 3. The largest absolute Gasteiger partial charge is 0.357 e. The number of hydrogen-bond acceptors (Lipinski definition) is 7. The zero-order valence-electron chi connectivity index (χ0n) is 16.9. The summed E-state index contributed by atoms with van der Waals surface area (Å²) in [4.78, 5) is 45.4. The van der Waals surface area contributed by atoms with E-state index in [0.717, 1.165) is 31.4 Å². The van der Waals surface area contributed by atoms with Crippen LogP contribution in [0.2, 0.25) is 0 Å². The fourth-order valence-electron chi connectivity index (χ4n) is 5.36. The average molecular weight is 432 g/mol. The Balaban J connectivity index is 1.41. The van der Waals surface area contributed by atoms with E-state index in [4.69, 9.17) is 4.74 Å². The fraction of sp³-hybridized carbons (Fsp3) is 0.524. The third kappa shape index (κ3) is 3.00. The minimum atomic E-state index is -1.04. The molecule has 0 aromatic carbocycles. The molecule has 5 rings (SSSR count). The zero-order valence-corrected chi connectivity index (χ0v) is 16.9. The Morgan fingerprint density at radius 3 is 2.94 bits per heavy atom. The lowest BCUT2D eigenvalue weighted by molar-refractivity contribution is -0.168. The number of fused-ring (bicyclic) bond motifs is 2. The second-order valence-electron chi connectivity index (χ2n) is 8.53. The second kappa shape index (κ2) is 7.16. The average Bonchev–Trinajstić information content (AvgIpc) is 3.31. The summed E-state index contributed by atoms with van der Waals surface area (Å²) in [6.07, 6.45) is 4.01. The van der Waals surface area contributed by atoms with E-state index in [2.05, 4.69) is 15.2 Å². The lowest BCUT2D eigenvalue weighted by atomic mass is 9.88. The summed E-state index contributed by atoms with van der Waals surface area (Å²) in [5.74, 6) is -4.27. The molecule has 10 heteroatoms. The zero-order chi connectivity index (χ0) is 21.9. The van der Waals surface area contributed by atoms with Crippen molar-refractivity contribution in [2.45, 2.75) is 56.6 Å². The van der Waals surface area contributed by atoms with E-state index in [9.17, 15) is 23.2 Å². The van der Waals surface area contributed by atoms with Gasteiger partial charge in [0.25, 0.3) is 5.91 Å². The van der Waals surface area contributed by atoms with Crippen molar-refractivity contribution in [1.29, 1.82) is 0 Å². The Bertz CT molecular complexity index is 1020. The van der Waals surface area contributed by atoms with Gasteiger partial charge < -0.3 is 15.0 Å². The molecule has 2 saturated heterocycles. The van der Waals surface area contributed by atoms with Crippen molar-refractivity contribution < 1.29 is 27.9 Å². The van der Waals surface area contributed by atoms with Crippen LogP contribution in [0.3, 0.4) is 0 Å². The standard InChI is InChI=1S/C21H22F2N4O4/c1-11-10-31-21-6-2-3-15(21)26-8-13(17(28)18(29)14(26)9-27(11)21)20(30)24-7-12-4-5-16(22)25-19(12)23/h4-5,8,11,14-15H,2-3,6-7,9-10H2,1H3,(H,24,30)/t11-,14?,15+,21+/m0/s1. The van der Waals surface area contributed by atoms with E-state index in [1.54, 1.807) is 0 Å². The maximum atomic E-state index is 13.7. The van der Waals surface area contributed by atoms with Crippen LogP contribution in [0.4, 0.5) is 8.78 Å². The minimum Gasteiger partial charge on any atom is -0.357 e. The summed E-state index contributed by atoms with van der Waals surface area (Å²) in [7, 11) is 0. The normalized spacial score (nSPS) is 32.4. The highest BCUT2D eigenvalue weighted by Gasteiger charge is 2.62. The maximum absolute atomic E-state index is 13.7. The molecule has 1 aliphatic carbocycles. The second-order valence-corrected chi connectivity index (χ2v) is 8.53. The molecular weight excluding hydrogens is 410 g/mol. The SMILES string of the molecule is C[C@H]1CO[C@]23CCC[C@H]2N2C=C(C(=O)NCc4ccc(F)nc4F)C(=O)C(=O)C2CN13. The van der Waals surface area contributed by atoms with Crippen LogP contribution in [0.1, 0.15) is 31.7 Å². The number of amides is 1. The Morgan fingerprint density at radius 1 is 1.35 bits per heavy atom. The van der Waals surface area contributed by atoms with Gasteiger partial charge >= 0.3 is 0 Å². The van der Waals surface area contributed by atoms with E-state index >= 15 is 0 Å². The Kier molecular flexibility index (Phi) is 4.67. The molecule has 1 amide bonds. The molecule has 4 aliphatic rings. The number of ketones is 2. The van der Waals surface area contributed by atoms with Crippen LogP contribution in [0.5, 0.6) is 0 Å². The fourth-order valence-corrected chi connectivity index (χ4v) is 5.36. The first-order chi connectivity index (χ1) is 14.8. The third-order valence-corrected chi connectivity index (χ3v) is 6.84. The van der Waals surface area contributed by atoms with Gasteiger partial charge in [0.2, 0.25) is 23.5 Å². The van der Waals surface area contributed by atoms with Gasteiger partial charge in [-0.05, 0) is 38.3 Å². The van der Waals surface area contributed by atoms with Crippen LogP contribution in [-0.4, -0.2) is 69.3 Å². The number of ether oxygens (including phenoxy) is 1. The number of rotatable bonds is 3. The van der Waals surface area contributed by atoms with Crippen molar-refractivity contribution >= 4 is 17.5 Å². The number of Topliss-reactive ketones (excluding diaryl/α,β-unsaturated/α-hetero) is 2. The Hall–Kier alpha value is -2.72. The van der Waals surface area contributed by atoms with Crippen molar-refractivity contribution in [2.24, 2.45) is 0 Å². The van der Waals surface area contributed by atoms with E-state index in [-0.39, 0.29) is 29.8 Å². The van der Waals surface area contributed by atoms with E-state index in [1.165, 1.54) is 6.20 Å². The summed E-state index contributed by atoms with van der Waals surface area (Å²) >= 11 is 0. The summed E-state index contributed by atoms with van der Waals surface area (Å²) in [6, 6.07) is 1.51. The number of nitrogens with one attached hydrogen (secondary N) is 1. The number of halogens is 2. The van der Waals surface area contributed by atoms with Crippen LogP contribution in [0.25, 0.3) is 0 Å². The lowest BCUT2D eigenvalue weighted by Gasteiger charge is -2.53. The first-order valence-electron chi connectivity index (χ1n) is 10.4. The van der Waals surface area contributed by atoms with E-state index in [1.807, 2.05) is 11.8 Å². The first-order valence-corrected chi connectivity index (χ1v) is 10.4. The van der Waals surface area contributed by atoms with Gasteiger partial charge in [-0.25, -0.2) is 0 Å². The van der Waals surface area contributed by atoms with Gasteiger partial charge in [0.1, 0.15) is 17.3 Å². The first kappa shape index (κ1) is 20.2. The topological polar surface area (TPSA) is 91.8 Å². The number of aromatic nitrogens is 1. The van der Waals surface area contributed by atoms with Crippen LogP contribution in [0, 0.1) is 11.9 Å². The van der Waals surface area contributed by atoms with Crippen molar-refractivity contribution in [2.75, 3.05) is 13.2 Å². The highest BCUT2D eigenvalue weighted by Crippen LogP contribution is 2.48. The smallest absolute Gasteiger partial charge is 0.257 e. The van der Waals surface area contributed by atoms with Gasteiger partial charge in [-0.15, -0.1) is 0 Å². The van der Waals surface area contributed by atoms with Gasteiger partial charge in [0.05, 0.1) is 12.6 Å². The maximum Gasteiger partial charge on any atom is 0.257 e. The van der Waals surface area contributed by atoms with Gasteiger partial charge in [0.15, 0.2) is 0 Å². The van der Waals surface area contributed by atoms with E-state index < -0.39 is 41.1 Å². The van der Waals surface area contributed by atoms with Crippen molar-refractivity contribution in [3.8, 4) is 0 Å². The monoisotopic (exact) mass is 432 g/mol. The van der Waals surface area contributed by atoms with Crippen LogP contribution >= 0.6 is 0 Å². The summed E-state index contributed by atoms with van der Waals surface area (Å²) in [6.45, 7) is 2.70. The molecular formula is C21H22F2N4O4. The molecule has 3 aliphatic heterocycles. The molecule has 1 spiro atoms. The third-order valence-electron chi connectivity index (χ3n) is 6.84. The predicted molar refractivity (Wildman–Crippen MR) is 102 cm³/mol.